The minimum atomic E-state index is -0.170. The number of nitriles is 1. The molecule has 0 saturated heterocycles. The Bertz CT molecular complexity index is 400. The number of halogens is 2. The third kappa shape index (κ3) is 2.72. The van der Waals surface area contributed by atoms with Crippen LogP contribution in [0.4, 0.5) is 5.69 Å². The van der Waals surface area contributed by atoms with Crippen LogP contribution in [0.15, 0.2) is 18.2 Å². The van der Waals surface area contributed by atoms with Gasteiger partial charge in [-0.05, 0) is 18.2 Å². The van der Waals surface area contributed by atoms with E-state index in [1.54, 1.807) is 12.1 Å². The molecule has 0 saturated carbocycles. The fraction of sp³-hybridized carbons (Fsp3) is 0.111. The third-order valence-electron chi connectivity index (χ3n) is 1.49. The van der Waals surface area contributed by atoms with Gasteiger partial charge in [-0.2, -0.15) is 5.26 Å². The lowest BCUT2D eigenvalue weighted by atomic mass is 10.2. The van der Waals surface area contributed by atoms with Gasteiger partial charge in [-0.25, -0.2) is 0 Å². The lowest BCUT2D eigenvalue weighted by Crippen LogP contribution is -2.12. The van der Waals surface area contributed by atoms with Crippen molar-refractivity contribution in [1.29, 1.82) is 5.26 Å². The number of benzene rings is 1. The highest BCUT2D eigenvalue weighted by molar-refractivity contribution is 9.09. The predicted octanol–water partition coefficient (Wildman–Crippen LogP) is 2.55. The molecule has 1 rings (SSSR count). The molecule has 1 aromatic rings. The average Bonchev–Trinajstić information content (AvgIpc) is 2.20. The molecule has 0 heterocycles. The summed E-state index contributed by atoms with van der Waals surface area (Å²) in [5, 5.41) is 11.9. The van der Waals surface area contributed by atoms with E-state index in [9.17, 15) is 4.79 Å². The lowest BCUT2D eigenvalue weighted by Gasteiger charge is -2.03. The Morgan fingerprint density at radius 3 is 2.93 bits per heavy atom. The highest BCUT2D eigenvalue weighted by Crippen LogP contribution is 2.19. The SMILES string of the molecule is N#Cc1cc(NC(=O)CBr)ccc1Cl. The van der Waals surface area contributed by atoms with Crippen molar-refractivity contribution in [2.75, 3.05) is 10.6 Å². The first kappa shape index (κ1) is 11.0. The quantitative estimate of drug-likeness (QED) is 0.842. The standard InChI is InChI=1S/C9H6BrClN2O/c10-4-9(14)13-7-1-2-8(11)6(3-7)5-12/h1-3H,4H2,(H,13,14). The Morgan fingerprint density at radius 1 is 1.64 bits per heavy atom. The van der Waals surface area contributed by atoms with Crippen LogP contribution >= 0.6 is 27.5 Å². The zero-order valence-electron chi connectivity index (χ0n) is 7.05. The van der Waals surface area contributed by atoms with E-state index < -0.39 is 0 Å². The molecule has 14 heavy (non-hydrogen) atoms. The first-order valence-corrected chi connectivity index (χ1v) is 5.22. The molecule has 0 aliphatic rings. The maximum atomic E-state index is 11.0. The zero-order chi connectivity index (χ0) is 10.6. The van der Waals surface area contributed by atoms with Crippen LogP contribution < -0.4 is 5.32 Å². The van der Waals surface area contributed by atoms with Gasteiger partial charge in [0, 0.05) is 5.69 Å². The Hall–Kier alpha value is -1.05. The van der Waals surface area contributed by atoms with Crippen molar-refractivity contribution in [3.63, 3.8) is 0 Å². The van der Waals surface area contributed by atoms with Crippen molar-refractivity contribution in [1.82, 2.24) is 0 Å². The van der Waals surface area contributed by atoms with Crippen LogP contribution in [0.2, 0.25) is 5.02 Å². The van der Waals surface area contributed by atoms with E-state index in [2.05, 4.69) is 21.2 Å². The van der Waals surface area contributed by atoms with E-state index in [1.807, 2.05) is 6.07 Å². The number of alkyl halides is 1. The smallest absolute Gasteiger partial charge is 0.235 e. The van der Waals surface area contributed by atoms with Gasteiger partial charge in [0.05, 0.1) is 15.9 Å². The Morgan fingerprint density at radius 2 is 2.36 bits per heavy atom. The maximum Gasteiger partial charge on any atom is 0.235 e. The number of carbonyl (C=O) groups excluding carboxylic acids is 1. The minimum Gasteiger partial charge on any atom is -0.325 e. The van der Waals surface area contributed by atoms with Crippen LogP contribution in [0.25, 0.3) is 0 Å². The summed E-state index contributed by atoms with van der Waals surface area (Å²) in [7, 11) is 0. The molecule has 0 unspecified atom stereocenters. The van der Waals surface area contributed by atoms with Crippen LogP contribution in [0, 0.1) is 11.3 Å². The molecule has 0 bridgehead atoms. The van der Waals surface area contributed by atoms with Crippen molar-refractivity contribution in [2.24, 2.45) is 0 Å². The van der Waals surface area contributed by atoms with Gasteiger partial charge in [-0.1, -0.05) is 27.5 Å². The second-order valence-electron chi connectivity index (χ2n) is 2.49. The second-order valence-corrected chi connectivity index (χ2v) is 3.46. The molecule has 1 aromatic carbocycles. The van der Waals surface area contributed by atoms with Crippen molar-refractivity contribution in [3.8, 4) is 6.07 Å². The topological polar surface area (TPSA) is 52.9 Å². The number of rotatable bonds is 2. The van der Waals surface area contributed by atoms with E-state index in [4.69, 9.17) is 16.9 Å². The summed E-state index contributed by atoms with van der Waals surface area (Å²) in [4.78, 5) is 11.0. The van der Waals surface area contributed by atoms with Crippen LogP contribution in [-0.2, 0) is 4.79 Å². The van der Waals surface area contributed by atoms with Gasteiger partial charge >= 0.3 is 0 Å². The number of amides is 1. The Balaban J connectivity index is 2.91. The van der Waals surface area contributed by atoms with Gasteiger partial charge < -0.3 is 5.32 Å². The lowest BCUT2D eigenvalue weighted by molar-refractivity contribution is -0.113. The number of hydrogen-bond donors (Lipinski definition) is 1. The summed E-state index contributed by atoms with van der Waals surface area (Å²) in [6, 6.07) is 6.68. The van der Waals surface area contributed by atoms with E-state index in [0.29, 0.717) is 16.3 Å². The largest absolute Gasteiger partial charge is 0.325 e. The van der Waals surface area contributed by atoms with E-state index in [1.165, 1.54) is 6.07 Å². The summed E-state index contributed by atoms with van der Waals surface area (Å²) in [6.45, 7) is 0. The molecule has 0 aliphatic heterocycles. The molecular weight excluding hydrogens is 267 g/mol. The van der Waals surface area contributed by atoms with E-state index >= 15 is 0 Å². The summed E-state index contributed by atoms with van der Waals surface area (Å²) < 4.78 is 0. The number of nitrogens with zero attached hydrogens (tertiary/aromatic N) is 1. The fourth-order valence-electron chi connectivity index (χ4n) is 0.883. The molecule has 72 valence electrons. The second kappa shape index (κ2) is 4.99. The van der Waals surface area contributed by atoms with E-state index in [0.717, 1.165) is 0 Å². The molecule has 0 atom stereocenters. The molecule has 0 aliphatic carbocycles. The highest BCUT2D eigenvalue weighted by Gasteiger charge is 2.03. The molecular formula is C9H6BrClN2O. The van der Waals surface area contributed by atoms with E-state index in [-0.39, 0.29) is 11.2 Å². The monoisotopic (exact) mass is 272 g/mol. The van der Waals surface area contributed by atoms with Gasteiger partial charge in [-0.3, -0.25) is 4.79 Å². The summed E-state index contributed by atoms with van der Waals surface area (Å²) in [6.07, 6.45) is 0. The highest BCUT2D eigenvalue weighted by atomic mass is 79.9. The fourth-order valence-corrected chi connectivity index (χ4v) is 1.18. The molecule has 5 heteroatoms. The molecule has 0 aromatic heterocycles. The number of hydrogen-bond acceptors (Lipinski definition) is 2. The molecule has 0 spiro atoms. The molecule has 0 fully saturated rings. The van der Waals surface area contributed by atoms with Crippen molar-refractivity contribution in [2.45, 2.75) is 0 Å². The first-order chi connectivity index (χ1) is 6.67. The number of anilines is 1. The summed E-state index contributed by atoms with van der Waals surface area (Å²) >= 11 is 8.74. The first-order valence-electron chi connectivity index (χ1n) is 3.73. The van der Waals surface area contributed by atoms with Crippen LogP contribution in [0.5, 0.6) is 0 Å². The van der Waals surface area contributed by atoms with Crippen molar-refractivity contribution in [3.05, 3.63) is 28.8 Å². The Labute approximate surface area is 94.8 Å². The average molecular weight is 274 g/mol. The Kier molecular flexibility index (Phi) is 3.93. The predicted molar refractivity (Wildman–Crippen MR) is 58.6 cm³/mol. The normalized spacial score (nSPS) is 9.21. The van der Waals surface area contributed by atoms with Crippen LogP contribution in [0.1, 0.15) is 5.56 Å². The summed E-state index contributed by atoms with van der Waals surface area (Å²) in [5.74, 6) is -0.170. The molecule has 1 amide bonds. The van der Waals surface area contributed by atoms with Gasteiger partial charge in [-0.15, -0.1) is 0 Å². The number of nitrogens with one attached hydrogen (secondary N) is 1. The third-order valence-corrected chi connectivity index (χ3v) is 2.33. The van der Waals surface area contributed by atoms with Crippen molar-refractivity contribution < 1.29 is 4.79 Å². The zero-order valence-corrected chi connectivity index (χ0v) is 9.39. The van der Waals surface area contributed by atoms with Gasteiger partial charge in [0.25, 0.3) is 0 Å². The van der Waals surface area contributed by atoms with Crippen molar-refractivity contribution >= 4 is 39.1 Å². The maximum absolute atomic E-state index is 11.0. The van der Waals surface area contributed by atoms with Crippen LogP contribution in [0.3, 0.4) is 0 Å². The summed E-state index contributed by atoms with van der Waals surface area (Å²) in [5.41, 5.74) is 0.912. The molecule has 1 N–H and O–H groups in total. The van der Waals surface area contributed by atoms with Gasteiger partial charge in [0.2, 0.25) is 5.91 Å². The van der Waals surface area contributed by atoms with Gasteiger partial charge in [0.1, 0.15) is 6.07 Å². The van der Waals surface area contributed by atoms with Crippen LogP contribution in [-0.4, -0.2) is 11.2 Å². The minimum absolute atomic E-state index is 0.170. The molecule has 0 radical (unpaired) electrons. The molecule has 3 nitrogen and oxygen atoms in total. The van der Waals surface area contributed by atoms with Gasteiger partial charge in [0.15, 0.2) is 0 Å². The number of carbonyl (C=O) groups is 1.